The van der Waals surface area contributed by atoms with Crippen LogP contribution < -0.4 is 0 Å². The summed E-state index contributed by atoms with van der Waals surface area (Å²) in [7, 11) is -5.62. The van der Waals surface area contributed by atoms with Crippen LogP contribution in [0, 0.1) is 0 Å². The van der Waals surface area contributed by atoms with Crippen molar-refractivity contribution in [3.63, 3.8) is 0 Å². The Kier molecular flexibility index (Phi) is 33.0. The van der Waals surface area contributed by atoms with Crippen LogP contribution in [-0.4, -0.2) is 204 Å². The molecule has 0 aromatic carbocycles. The summed E-state index contributed by atoms with van der Waals surface area (Å²) < 4.78 is 57.9. The largest absolute Gasteiger partial charge is 0.472 e. The number of hydrogen-bond donors (Lipinski definition) is 12. The first-order valence-corrected chi connectivity index (χ1v) is 28.9. The number of ether oxygens (including phenoxy) is 6. The topological polar surface area (TPSA) is 368 Å². The van der Waals surface area contributed by atoms with E-state index in [1.807, 2.05) is 0 Å². The van der Waals surface area contributed by atoms with E-state index in [1.165, 1.54) is 77.0 Å². The van der Waals surface area contributed by atoms with Gasteiger partial charge in [-0.25, -0.2) is 4.57 Å². The lowest BCUT2D eigenvalue weighted by atomic mass is 9.84. The Labute approximate surface area is 436 Å². The molecule has 0 spiro atoms. The summed E-state index contributed by atoms with van der Waals surface area (Å²) in [5.41, 5.74) is 0. The molecule has 24 heteroatoms. The molecule has 0 radical (unpaired) electrons. The lowest BCUT2D eigenvalue weighted by Crippen LogP contribution is -2.69. The van der Waals surface area contributed by atoms with Gasteiger partial charge in [-0.2, -0.15) is 0 Å². The fourth-order valence-corrected chi connectivity index (χ4v) is 10.3. The molecule has 3 fully saturated rings. The maximum atomic E-state index is 14.0. The average Bonchev–Trinajstić information content (AvgIpc) is 3.38. The van der Waals surface area contributed by atoms with Crippen LogP contribution in [-0.2, 0) is 51.6 Å². The van der Waals surface area contributed by atoms with E-state index in [2.05, 4.69) is 13.8 Å². The minimum Gasteiger partial charge on any atom is -0.462 e. The Balaban J connectivity index is 1.75. The van der Waals surface area contributed by atoms with E-state index in [-0.39, 0.29) is 12.8 Å². The molecule has 3 aliphatic rings. The van der Waals surface area contributed by atoms with Gasteiger partial charge in [0, 0.05) is 12.8 Å². The van der Waals surface area contributed by atoms with Crippen molar-refractivity contribution < 1.29 is 113 Å². The van der Waals surface area contributed by atoms with Crippen LogP contribution >= 0.6 is 7.82 Å². The summed E-state index contributed by atoms with van der Waals surface area (Å²) in [4.78, 5) is 37.3. The number of rotatable bonds is 39. The van der Waals surface area contributed by atoms with Gasteiger partial charge in [0.2, 0.25) is 0 Å². The third-order valence-electron chi connectivity index (χ3n) is 13.9. The van der Waals surface area contributed by atoms with Crippen molar-refractivity contribution in [3.8, 4) is 0 Å². The van der Waals surface area contributed by atoms with Crippen molar-refractivity contribution in [3.05, 3.63) is 0 Å². The van der Waals surface area contributed by atoms with Gasteiger partial charge in [-0.1, -0.05) is 149 Å². The van der Waals surface area contributed by atoms with Crippen LogP contribution in [0.5, 0.6) is 0 Å². The fraction of sp³-hybridized carbons (Fsp3) is 0.960. The fourth-order valence-electron chi connectivity index (χ4n) is 9.30. The number of carbonyl (C=O) groups is 2. The summed E-state index contributed by atoms with van der Waals surface area (Å²) in [5.74, 6) is -1.33. The first-order valence-electron chi connectivity index (χ1n) is 27.4. The zero-order chi connectivity index (χ0) is 54.6. The minimum atomic E-state index is -5.62. The molecule has 436 valence electrons. The van der Waals surface area contributed by atoms with Crippen LogP contribution in [0.2, 0.25) is 0 Å². The van der Waals surface area contributed by atoms with Crippen molar-refractivity contribution in [1.29, 1.82) is 0 Å². The van der Waals surface area contributed by atoms with E-state index >= 15 is 0 Å². The summed E-state index contributed by atoms with van der Waals surface area (Å²) in [5, 5.41) is 116. The lowest BCUT2D eigenvalue weighted by Gasteiger charge is -2.49. The van der Waals surface area contributed by atoms with Crippen molar-refractivity contribution in [1.82, 2.24) is 0 Å². The number of aliphatic hydroxyl groups excluding tert-OH is 11. The molecule has 2 aliphatic heterocycles. The zero-order valence-corrected chi connectivity index (χ0v) is 44.5. The molecule has 0 bridgehead atoms. The second kappa shape index (κ2) is 36.6. The van der Waals surface area contributed by atoms with Gasteiger partial charge in [0.1, 0.15) is 92.1 Å². The Hall–Kier alpha value is -1.55. The Morgan fingerprint density at radius 1 is 0.459 bits per heavy atom. The van der Waals surface area contributed by atoms with Gasteiger partial charge in [0.25, 0.3) is 0 Å². The molecule has 0 aromatic heterocycles. The van der Waals surface area contributed by atoms with E-state index in [0.717, 1.165) is 57.8 Å². The van der Waals surface area contributed by atoms with Crippen molar-refractivity contribution in [2.24, 2.45) is 0 Å². The highest BCUT2D eigenvalue weighted by atomic mass is 31.2. The molecule has 2 heterocycles. The standard InChI is InChI=1S/C50H93O23P/c1-3-5-7-9-11-13-15-17-19-21-23-25-27-36(54)68-32(30-66-35(53)26-24-22-20-18-16-14-12-10-8-6-4-2)31-67-74(64,65)73-48-46(71-49-44(62)39(57)37(55)33(28-51)69-49)42(60)41(59)43(61)47(48)72-50-45(63)40(58)38(56)34(29-52)70-50/h32-34,37-52,55-63H,3-31H2,1-2H3,(H,64,65). The summed E-state index contributed by atoms with van der Waals surface area (Å²) >= 11 is 0. The molecular weight excluding hydrogens is 1000 g/mol. The van der Waals surface area contributed by atoms with Crippen molar-refractivity contribution in [2.75, 3.05) is 26.4 Å². The van der Waals surface area contributed by atoms with Gasteiger partial charge in [0.05, 0.1) is 19.8 Å². The Bertz CT molecular complexity index is 1500. The zero-order valence-electron chi connectivity index (χ0n) is 43.6. The summed E-state index contributed by atoms with van der Waals surface area (Å²) in [6.07, 6.45) is -10.2. The molecule has 0 amide bonds. The van der Waals surface area contributed by atoms with Crippen LogP contribution in [0.4, 0.5) is 0 Å². The Morgan fingerprint density at radius 2 is 0.811 bits per heavy atom. The first kappa shape index (κ1) is 66.7. The third kappa shape index (κ3) is 23.0. The SMILES string of the molecule is CCCCCCCCCCCCCCC(=O)OC(COC(=O)CCCCCCCCCCCCC)COP(=O)(O)OC1C(OC2OC(CO)C(O)C(O)C2O)C(O)C(O)C(O)C1OC1OC(CO)C(O)C(O)C1O. The van der Waals surface area contributed by atoms with E-state index in [4.69, 9.17) is 37.5 Å². The molecule has 12 N–H and O–H groups in total. The molecule has 16 unspecified atom stereocenters. The number of hydrogen-bond acceptors (Lipinski definition) is 22. The summed E-state index contributed by atoms with van der Waals surface area (Å²) in [6.45, 7) is 0.972. The maximum Gasteiger partial charge on any atom is 0.472 e. The van der Waals surface area contributed by atoms with E-state index in [0.29, 0.717) is 12.8 Å². The number of esters is 2. The molecule has 23 nitrogen and oxygen atoms in total. The molecule has 16 atom stereocenters. The van der Waals surface area contributed by atoms with E-state index in [9.17, 15) is 75.2 Å². The van der Waals surface area contributed by atoms with Crippen LogP contribution in [0.15, 0.2) is 0 Å². The normalized spacial score (nSPS) is 32.7. The quantitative estimate of drug-likeness (QED) is 0.0238. The monoisotopic (exact) mass is 1090 g/mol. The average molecular weight is 1090 g/mol. The Morgan fingerprint density at radius 3 is 1.19 bits per heavy atom. The molecule has 3 rings (SSSR count). The first-order chi connectivity index (χ1) is 35.4. The number of phosphoric acid groups is 1. The molecule has 1 aliphatic carbocycles. The number of carbonyl (C=O) groups excluding carboxylic acids is 2. The second-order valence-electron chi connectivity index (χ2n) is 20.1. The van der Waals surface area contributed by atoms with Gasteiger partial charge in [-0.3, -0.25) is 18.6 Å². The van der Waals surface area contributed by atoms with Crippen LogP contribution in [0.3, 0.4) is 0 Å². The highest BCUT2D eigenvalue weighted by Crippen LogP contribution is 2.49. The molecule has 74 heavy (non-hydrogen) atoms. The smallest absolute Gasteiger partial charge is 0.462 e. The van der Waals surface area contributed by atoms with Gasteiger partial charge >= 0.3 is 19.8 Å². The lowest BCUT2D eigenvalue weighted by molar-refractivity contribution is -0.360. The van der Waals surface area contributed by atoms with Crippen molar-refractivity contribution in [2.45, 2.75) is 279 Å². The molecular formula is C50H93O23P. The van der Waals surface area contributed by atoms with E-state index in [1.54, 1.807) is 0 Å². The number of phosphoric ester groups is 1. The van der Waals surface area contributed by atoms with Gasteiger partial charge in [-0.15, -0.1) is 0 Å². The van der Waals surface area contributed by atoms with Crippen LogP contribution in [0.1, 0.15) is 174 Å². The van der Waals surface area contributed by atoms with Gasteiger partial charge in [0.15, 0.2) is 18.7 Å². The second-order valence-corrected chi connectivity index (χ2v) is 21.5. The summed E-state index contributed by atoms with van der Waals surface area (Å²) in [6, 6.07) is 0. The van der Waals surface area contributed by atoms with Gasteiger partial charge in [-0.05, 0) is 12.8 Å². The maximum absolute atomic E-state index is 14.0. The highest BCUT2D eigenvalue weighted by Gasteiger charge is 2.58. The van der Waals surface area contributed by atoms with Gasteiger partial charge < -0.3 is 89.5 Å². The predicted molar refractivity (Wildman–Crippen MR) is 264 cm³/mol. The number of aliphatic hydroxyl groups is 11. The molecule has 2 saturated heterocycles. The van der Waals surface area contributed by atoms with Crippen molar-refractivity contribution >= 4 is 19.8 Å². The molecule has 0 aromatic rings. The predicted octanol–water partition coefficient (Wildman–Crippen LogP) is 2.20. The number of unbranched alkanes of at least 4 members (excludes halogenated alkanes) is 21. The molecule has 1 saturated carbocycles. The minimum absolute atomic E-state index is 0.0258. The van der Waals surface area contributed by atoms with E-state index < -0.39 is 150 Å². The third-order valence-corrected chi connectivity index (χ3v) is 14.9. The highest BCUT2D eigenvalue weighted by molar-refractivity contribution is 7.47. The van der Waals surface area contributed by atoms with Crippen LogP contribution in [0.25, 0.3) is 0 Å².